The van der Waals surface area contributed by atoms with Crippen molar-refractivity contribution >= 4 is 22.5 Å². The van der Waals surface area contributed by atoms with Gasteiger partial charge in [0.15, 0.2) is 0 Å². The predicted octanol–water partition coefficient (Wildman–Crippen LogP) is 4.85. The number of hydrogen-bond donors (Lipinski definition) is 1. The summed E-state index contributed by atoms with van der Waals surface area (Å²) in [4.78, 5) is 0. The second kappa shape index (κ2) is 7.70. The van der Waals surface area contributed by atoms with Crippen molar-refractivity contribution in [3.8, 4) is 0 Å². The number of fused-ring (bicyclic) bond motifs is 1. The molecule has 0 aliphatic rings. The van der Waals surface area contributed by atoms with Gasteiger partial charge in [-0.3, -0.25) is 0 Å². The smallest absolute Gasteiger partial charge is 0.0499 e. The van der Waals surface area contributed by atoms with Crippen LogP contribution in [0, 0.1) is 0 Å². The molecule has 1 atom stereocenters. The largest absolute Gasteiger partial charge is 0.346 e. The minimum absolute atomic E-state index is 0.604. The molecule has 0 saturated heterocycles. The Morgan fingerprint density at radius 3 is 2.90 bits per heavy atom. The Morgan fingerprint density at radius 2 is 2.10 bits per heavy atom. The Labute approximate surface area is 127 Å². The topological polar surface area (TPSA) is 17.0 Å². The van der Waals surface area contributed by atoms with Gasteiger partial charge in [0.2, 0.25) is 0 Å². The fraction of sp³-hybridized carbons (Fsp3) is 0.529. The molecule has 20 heavy (non-hydrogen) atoms. The second-order valence-electron chi connectivity index (χ2n) is 5.53. The molecule has 3 heteroatoms. The lowest BCUT2D eigenvalue weighted by atomic mass is 10.1. The van der Waals surface area contributed by atoms with E-state index < -0.39 is 0 Å². The Kier molecular flexibility index (Phi) is 5.93. The molecular weight excluding hydrogens is 268 g/mol. The van der Waals surface area contributed by atoms with Crippen LogP contribution in [0.1, 0.15) is 39.5 Å². The van der Waals surface area contributed by atoms with E-state index in [-0.39, 0.29) is 0 Å². The van der Waals surface area contributed by atoms with Gasteiger partial charge >= 0.3 is 0 Å². The van der Waals surface area contributed by atoms with E-state index in [4.69, 9.17) is 11.6 Å². The third-order valence-electron chi connectivity index (χ3n) is 3.85. The van der Waals surface area contributed by atoms with Crippen molar-refractivity contribution in [2.75, 3.05) is 6.54 Å². The molecule has 0 fully saturated rings. The minimum atomic E-state index is 0.604. The summed E-state index contributed by atoms with van der Waals surface area (Å²) in [5.74, 6) is 0. The van der Waals surface area contributed by atoms with E-state index >= 15 is 0 Å². The number of hydrogen-bond acceptors (Lipinski definition) is 1. The van der Waals surface area contributed by atoms with Crippen molar-refractivity contribution in [3.63, 3.8) is 0 Å². The van der Waals surface area contributed by atoms with Gasteiger partial charge in [-0.2, -0.15) is 0 Å². The van der Waals surface area contributed by atoms with Crippen molar-refractivity contribution in [2.45, 2.75) is 52.1 Å². The van der Waals surface area contributed by atoms with Gasteiger partial charge < -0.3 is 9.88 Å². The first kappa shape index (κ1) is 15.4. The van der Waals surface area contributed by atoms with Crippen LogP contribution in [0.4, 0.5) is 0 Å². The number of unbranched alkanes of at least 4 members (excludes halogenated alkanes) is 2. The van der Waals surface area contributed by atoms with Gasteiger partial charge in [0.1, 0.15) is 0 Å². The molecule has 0 amide bonds. The van der Waals surface area contributed by atoms with Crippen molar-refractivity contribution in [3.05, 3.63) is 35.5 Å². The van der Waals surface area contributed by atoms with E-state index in [1.807, 2.05) is 12.1 Å². The molecule has 0 saturated carbocycles. The summed E-state index contributed by atoms with van der Waals surface area (Å²) < 4.78 is 2.27. The van der Waals surface area contributed by atoms with Crippen LogP contribution < -0.4 is 5.32 Å². The highest BCUT2D eigenvalue weighted by molar-refractivity contribution is 6.35. The zero-order chi connectivity index (χ0) is 14.4. The molecule has 1 heterocycles. The number of nitrogens with one attached hydrogen (secondary N) is 1. The number of rotatable bonds is 8. The maximum absolute atomic E-state index is 6.20. The summed E-state index contributed by atoms with van der Waals surface area (Å²) in [5.41, 5.74) is 1.22. The molecule has 0 radical (unpaired) electrons. The molecule has 0 aliphatic carbocycles. The van der Waals surface area contributed by atoms with Crippen molar-refractivity contribution < 1.29 is 0 Å². The van der Waals surface area contributed by atoms with E-state index in [2.05, 4.69) is 42.1 Å². The zero-order valence-corrected chi connectivity index (χ0v) is 13.3. The van der Waals surface area contributed by atoms with Crippen LogP contribution in [0.2, 0.25) is 5.02 Å². The lowest BCUT2D eigenvalue weighted by Crippen LogP contribution is -2.29. The van der Waals surface area contributed by atoms with Gasteiger partial charge in [-0.1, -0.05) is 43.9 Å². The van der Waals surface area contributed by atoms with Crippen LogP contribution in [-0.2, 0) is 6.54 Å². The molecule has 1 N–H and O–H groups in total. The summed E-state index contributed by atoms with van der Waals surface area (Å²) in [6, 6.07) is 8.80. The van der Waals surface area contributed by atoms with Gasteiger partial charge in [-0.25, -0.2) is 0 Å². The van der Waals surface area contributed by atoms with E-state index in [0.717, 1.165) is 23.5 Å². The highest BCUT2D eigenvalue weighted by atomic mass is 35.5. The average molecular weight is 293 g/mol. The summed E-state index contributed by atoms with van der Waals surface area (Å²) in [7, 11) is 0. The fourth-order valence-corrected chi connectivity index (χ4v) is 2.85. The molecule has 2 nitrogen and oxygen atoms in total. The van der Waals surface area contributed by atoms with Crippen molar-refractivity contribution in [2.24, 2.45) is 0 Å². The molecular formula is C17H25ClN2. The monoisotopic (exact) mass is 292 g/mol. The molecule has 0 bridgehead atoms. The maximum Gasteiger partial charge on any atom is 0.0499 e. The highest BCUT2D eigenvalue weighted by Gasteiger charge is 2.04. The standard InChI is InChI=1S/C17H25ClN2/c1-3-4-5-7-14(2)19-11-13-20-12-10-15-16(18)8-6-9-17(15)20/h6,8-10,12,14,19H,3-5,7,11,13H2,1-2H3. The molecule has 2 aromatic rings. The van der Waals surface area contributed by atoms with Crippen LogP contribution in [0.5, 0.6) is 0 Å². The van der Waals surface area contributed by atoms with Gasteiger partial charge in [-0.05, 0) is 31.5 Å². The summed E-state index contributed by atoms with van der Waals surface area (Å²) >= 11 is 6.20. The predicted molar refractivity (Wildman–Crippen MR) is 88.6 cm³/mol. The molecule has 1 unspecified atom stereocenters. The molecule has 0 aliphatic heterocycles. The van der Waals surface area contributed by atoms with Crippen molar-refractivity contribution in [1.29, 1.82) is 0 Å². The van der Waals surface area contributed by atoms with E-state index in [0.29, 0.717) is 6.04 Å². The Morgan fingerprint density at radius 1 is 1.25 bits per heavy atom. The lowest BCUT2D eigenvalue weighted by molar-refractivity contribution is 0.473. The maximum atomic E-state index is 6.20. The van der Waals surface area contributed by atoms with Gasteiger partial charge in [0.05, 0.1) is 0 Å². The number of nitrogens with zero attached hydrogens (tertiary/aromatic N) is 1. The number of aromatic nitrogens is 1. The first-order valence-electron chi connectivity index (χ1n) is 7.69. The van der Waals surface area contributed by atoms with Crippen molar-refractivity contribution in [1.82, 2.24) is 9.88 Å². The molecule has 1 aromatic heterocycles. The fourth-order valence-electron chi connectivity index (χ4n) is 2.61. The van der Waals surface area contributed by atoms with E-state index in [9.17, 15) is 0 Å². The van der Waals surface area contributed by atoms with Gasteiger partial charge in [-0.15, -0.1) is 0 Å². The third kappa shape index (κ3) is 4.00. The molecule has 0 spiro atoms. The van der Waals surface area contributed by atoms with Crippen LogP contribution in [0.25, 0.3) is 10.9 Å². The first-order chi connectivity index (χ1) is 9.72. The average Bonchev–Trinajstić information content (AvgIpc) is 2.84. The van der Waals surface area contributed by atoms with E-state index in [1.54, 1.807) is 0 Å². The SMILES string of the molecule is CCCCCC(C)NCCn1ccc2c(Cl)cccc21. The Hall–Kier alpha value is -0.990. The quantitative estimate of drug-likeness (QED) is 0.688. The number of benzene rings is 1. The Balaban J connectivity index is 1.83. The zero-order valence-electron chi connectivity index (χ0n) is 12.5. The van der Waals surface area contributed by atoms with Gasteiger partial charge in [0.25, 0.3) is 0 Å². The molecule has 1 aromatic carbocycles. The molecule has 2 rings (SSSR count). The van der Waals surface area contributed by atoms with Crippen LogP contribution >= 0.6 is 11.6 Å². The van der Waals surface area contributed by atoms with Crippen LogP contribution in [0.15, 0.2) is 30.5 Å². The summed E-state index contributed by atoms with van der Waals surface area (Å²) in [6.07, 6.45) is 7.36. The summed E-state index contributed by atoms with van der Waals surface area (Å²) in [5, 5.41) is 5.58. The highest BCUT2D eigenvalue weighted by Crippen LogP contribution is 2.23. The van der Waals surface area contributed by atoms with E-state index in [1.165, 1.54) is 31.2 Å². The third-order valence-corrected chi connectivity index (χ3v) is 4.18. The van der Waals surface area contributed by atoms with Gasteiger partial charge in [0, 0.05) is 41.3 Å². The normalized spacial score (nSPS) is 12.9. The first-order valence-corrected chi connectivity index (χ1v) is 8.07. The van der Waals surface area contributed by atoms with Crippen LogP contribution in [0.3, 0.4) is 0 Å². The molecule has 110 valence electrons. The minimum Gasteiger partial charge on any atom is -0.346 e. The Bertz CT molecular complexity index is 533. The number of halogens is 1. The second-order valence-corrected chi connectivity index (χ2v) is 5.94. The summed E-state index contributed by atoms with van der Waals surface area (Å²) in [6.45, 7) is 6.52. The van der Waals surface area contributed by atoms with Crippen LogP contribution in [-0.4, -0.2) is 17.2 Å². The lowest BCUT2D eigenvalue weighted by Gasteiger charge is -2.14.